The minimum absolute atomic E-state index is 0.883. The molecule has 0 spiro atoms. The van der Waals surface area contributed by atoms with E-state index >= 15 is 0 Å². The van der Waals surface area contributed by atoms with E-state index in [9.17, 15) is 0 Å². The van der Waals surface area contributed by atoms with Gasteiger partial charge in [0.2, 0.25) is 0 Å². The van der Waals surface area contributed by atoms with Gasteiger partial charge in [-0.3, -0.25) is 0 Å². The second kappa shape index (κ2) is 2.39. The van der Waals surface area contributed by atoms with E-state index in [2.05, 4.69) is 42.6 Å². The van der Waals surface area contributed by atoms with Crippen molar-refractivity contribution in [2.24, 2.45) is 5.73 Å². The van der Waals surface area contributed by atoms with Crippen molar-refractivity contribution in [2.75, 3.05) is 30.4 Å². The number of alkyl halides is 1. The Bertz CT molecular complexity index is 76.2. The summed E-state index contributed by atoms with van der Waals surface area (Å²) in [5, 5.41) is 0. The Balaban J connectivity index is 3.99. The molecule has 0 radical (unpaired) electrons. The molecule has 0 heterocycles. The van der Waals surface area contributed by atoms with Crippen LogP contribution in [0.4, 0.5) is 0 Å². The monoisotopic (exact) mass is 247 g/mol. The first-order valence-electron chi connectivity index (χ1n) is 2.65. The third-order valence-corrected chi connectivity index (χ3v) is 10.9. The fraction of sp³-hybridized carbons (Fsp3) is 1.00. The zero-order valence-electron chi connectivity index (χ0n) is 5.82. The van der Waals surface area contributed by atoms with Crippen molar-refractivity contribution in [1.82, 2.24) is 0 Å². The molecule has 0 aliphatic rings. The zero-order chi connectivity index (χ0) is 6.86. The van der Waals surface area contributed by atoms with Crippen molar-refractivity contribution in [1.29, 1.82) is 0 Å². The summed E-state index contributed by atoms with van der Waals surface area (Å²) < 4.78 is 1.24. The number of rotatable bonds is 2. The third kappa shape index (κ3) is 3.21. The first kappa shape index (κ1) is 9.12. The van der Waals surface area contributed by atoms with E-state index in [1.807, 2.05) is 0 Å². The van der Waals surface area contributed by atoms with Gasteiger partial charge in [-0.1, -0.05) is 0 Å². The molecule has 0 aromatic heterocycles. The molecule has 0 saturated carbocycles. The molecule has 0 unspecified atom stereocenters. The Morgan fingerprint density at radius 1 is 1.38 bits per heavy atom. The standard InChI is InChI=1S/C5H15INP/c1-8(2,3,4-6)5-7/h4-5,7H2,1-3H3. The molecular weight excluding hydrogens is 232 g/mol. The minimum atomic E-state index is -1.34. The van der Waals surface area contributed by atoms with Crippen LogP contribution in [-0.4, -0.2) is 30.4 Å². The molecule has 0 atom stereocenters. The molecule has 0 aliphatic carbocycles. The Morgan fingerprint density at radius 3 is 1.75 bits per heavy atom. The van der Waals surface area contributed by atoms with Crippen LogP contribution in [0.3, 0.4) is 0 Å². The van der Waals surface area contributed by atoms with Crippen LogP contribution in [-0.2, 0) is 0 Å². The Labute approximate surface area is 65.5 Å². The molecule has 0 bridgehead atoms. The van der Waals surface area contributed by atoms with Gasteiger partial charge in [0.15, 0.2) is 0 Å². The van der Waals surface area contributed by atoms with Gasteiger partial charge in [0.1, 0.15) is 0 Å². The molecule has 0 fully saturated rings. The number of hydrogen-bond donors (Lipinski definition) is 1. The average Bonchev–Trinajstić information content (AvgIpc) is 1.68. The SMILES string of the molecule is CP(C)(C)(CN)CI. The van der Waals surface area contributed by atoms with E-state index in [0.717, 1.165) is 6.29 Å². The normalized spacial score (nSPS) is 17.4. The molecular formula is C5H15INP. The van der Waals surface area contributed by atoms with Crippen molar-refractivity contribution in [3.05, 3.63) is 0 Å². The maximum absolute atomic E-state index is 5.60. The van der Waals surface area contributed by atoms with Crippen molar-refractivity contribution >= 4 is 29.2 Å². The van der Waals surface area contributed by atoms with E-state index in [4.69, 9.17) is 5.73 Å². The Morgan fingerprint density at radius 2 is 1.75 bits per heavy atom. The van der Waals surface area contributed by atoms with Crippen LogP contribution < -0.4 is 5.73 Å². The summed E-state index contributed by atoms with van der Waals surface area (Å²) in [7, 11) is 0. The zero-order valence-corrected chi connectivity index (χ0v) is 8.87. The Hall–Kier alpha value is 1.12. The van der Waals surface area contributed by atoms with E-state index in [1.165, 1.54) is 4.17 Å². The number of hydrogen-bond acceptors (Lipinski definition) is 1. The van der Waals surface area contributed by atoms with Gasteiger partial charge < -0.3 is 0 Å². The summed E-state index contributed by atoms with van der Waals surface area (Å²) in [6.07, 6.45) is 0.883. The Kier molecular flexibility index (Phi) is 2.73. The second-order valence-corrected chi connectivity index (χ2v) is 13.3. The van der Waals surface area contributed by atoms with Gasteiger partial charge in [0.05, 0.1) is 0 Å². The summed E-state index contributed by atoms with van der Waals surface area (Å²) in [4.78, 5) is 0. The van der Waals surface area contributed by atoms with Gasteiger partial charge in [-0.25, -0.2) is 0 Å². The molecule has 0 aromatic rings. The van der Waals surface area contributed by atoms with Crippen LogP contribution in [0.5, 0.6) is 0 Å². The van der Waals surface area contributed by atoms with Crippen molar-refractivity contribution in [2.45, 2.75) is 0 Å². The summed E-state index contributed by atoms with van der Waals surface area (Å²) in [5.74, 6) is 0. The molecule has 0 rings (SSSR count). The molecule has 0 aromatic carbocycles. The molecule has 2 N–H and O–H groups in total. The van der Waals surface area contributed by atoms with E-state index in [0.29, 0.717) is 0 Å². The first-order valence-corrected chi connectivity index (χ1v) is 8.12. The van der Waals surface area contributed by atoms with Crippen LogP contribution in [0.15, 0.2) is 0 Å². The first-order chi connectivity index (χ1) is 3.39. The summed E-state index contributed by atoms with van der Waals surface area (Å²) in [6, 6.07) is 0. The molecule has 0 amide bonds. The quantitative estimate of drug-likeness (QED) is 0.449. The van der Waals surface area contributed by atoms with Gasteiger partial charge in [0, 0.05) is 0 Å². The summed E-state index contributed by atoms with van der Waals surface area (Å²) in [6.45, 7) is 5.62. The van der Waals surface area contributed by atoms with Gasteiger partial charge in [0.25, 0.3) is 0 Å². The summed E-state index contributed by atoms with van der Waals surface area (Å²) >= 11 is 2.43. The van der Waals surface area contributed by atoms with Gasteiger partial charge in [-0.2, -0.15) is 0 Å². The predicted octanol–water partition coefficient (Wildman–Crippen LogP) is 1.74. The van der Waals surface area contributed by atoms with Gasteiger partial charge >= 0.3 is 65.4 Å². The fourth-order valence-corrected chi connectivity index (χ4v) is 0.982. The van der Waals surface area contributed by atoms with Crippen molar-refractivity contribution < 1.29 is 0 Å². The summed E-state index contributed by atoms with van der Waals surface area (Å²) in [5.41, 5.74) is 5.60. The number of nitrogens with two attached hydrogens (primary N) is 1. The topological polar surface area (TPSA) is 26.0 Å². The van der Waals surface area contributed by atoms with Crippen LogP contribution >= 0.6 is 29.2 Å². The molecule has 8 heavy (non-hydrogen) atoms. The third-order valence-electron chi connectivity index (χ3n) is 1.12. The van der Waals surface area contributed by atoms with Crippen LogP contribution in [0, 0.1) is 0 Å². The average molecular weight is 247 g/mol. The van der Waals surface area contributed by atoms with Crippen molar-refractivity contribution in [3.63, 3.8) is 0 Å². The molecule has 3 heteroatoms. The van der Waals surface area contributed by atoms with Crippen LogP contribution in [0.25, 0.3) is 0 Å². The van der Waals surface area contributed by atoms with E-state index in [-0.39, 0.29) is 0 Å². The fourth-order valence-electron chi connectivity index (χ4n) is 0.0488. The van der Waals surface area contributed by atoms with Crippen LogP contribution in [0.2, 0.25) is 0 Å². The molecule has 0 saturated heterocycles. The van der Waals surface area contributed by atoms with Gasteiger partial charge in [-0.05, 0) is 0 Å². The molecule has 0 aliphatic heterocycles. The second-order valence-electron chi connectivity index (χ2n) is 3.76. The van der Waals surface area contributed by atoms with E-state index in [1.54, 1.807) is 0 Å². The van der Waals surface area contributed by atoms with Crippen molar-refractivity contribution in [3.8, 4) is 0 Å². The molecule has 52 valence electrons. The van der Waals surface area contributed by atoms with E-state index < -0.39 is 6.60 Å². The predicted molar refractivity (Wildman–Crippen MR) is 52.6 cm³/mol. The molecule has 1 nitrogen and oxygen atoms in total. The van der Waals surface area contributed by atoms with Gasteiger partial charge in [-0.15, -0.1) is 0 Å². The maximum atomic E-state index is 5.60. The number of halogens is 1. The van der Waals surface area contributed by atoms with Crippen LogP contribution in [0.1, 0.15) is 0 Å².